The van der Waals surface area contributed by atoms with Crippen molar-refractivity contribution in [1.29, 1.82) is 0 Å². The average molecular weight is 347 g/mol. The van der Waals surface area contributed by atoms with Crippen molar-refractivity contribution in [2.75, 3.05) is 58.3 Å². The molecule has 6 nitrogen and oxygen atoms in total. The fourth-order valence-corrected chi connectivity index (χ4v) is 3.49. The van der Waals surface area contributed by atoms with Gasteiger partial charge in [-0.2, -0.15) is 0 Å². The summed E-state index contributed by atoms with van der Waals surface area (Å²) in [7, 11) is 1.61. The van der Waals surface area contributed by atoms with Crippen LogP contribution in [0.1, 0.15) is 19.3 Å². The van der Waals surface area contributed by atoms with Crippen molar-refractivity contribution in [3.05, 3.63) is 24.3 Å². The Morgan fingerprint density at radius 3 is 2.72 bits per heavy atom. The molecular weight excluding hydrogens is 318 g/mol. The van der Waals surface area contributed by atoms with Crippen LogP contribution in [0.15, 0.2) is 24.3 Å². The molecule has 1 amide bonds. The van der Waals surface area contributed by atoms with E-state index in [0.717, 1.165) is 51.6 Å². The number of carbonyl (C=O) groups excluding carboxylic acids is 1. The van der Waals surface area contributed by atoms with Gasteiger partial charge in [0.2, 0.25) is 5.91 Å². The van der Waals surface area contributed by atoms with Crippen LogP contribution in [0.5, 0.6) is 5.75 Å². The Morgan fingerprint density at radius 2 is 2.00 bits per heavy atom. The number of nitrogens with zero attached hydrogens (tertiary/aromatic N) is 2. The Labute approximate surface area is 150 Å². The predicted octanol–water partition coefficient (Wildman–Crippen LogP) is 1.82. The highest BCUT2D eigenvalue weighted by molar-refractivity contribution is 5.92. The topological polar surface area (TPSA) is 54.0 Å². The quantitative estimate of drug-likeness (QED) is 0.815. The molecule has 0 radical (unpaired) electrons. The lowest BCUT2D eigenvalue weighted by Crippen LogP contribution is -2.48. The minimum absolute atomic E-state index is 0.0336. The maximum atomic E-state index is 12.2. The first-order chi connectivity index (χ1) is 12.2. The van der Waals surface area contributed by atoms with Crippen molar-refractivity contribution in [2.45, 2.75) is 25.4 Å². The molecule has 0 saturated carbocycles. The van der Waals surface area contributed by atoms with Crippen molar-refractivity contribution in [3.8, 4) is 5.75 Å². The molecule has 3 rings (SSSR count). The Hall–Kier alpha value is -1.63. The number of hydrogen-bond acceptors (Lipinski definition) is 5. The van der Waals surface area contributed by atoms with Gasteiger partial charge < -0.3 is 19.7 Å². The third-order valence-corrected chi connectivity index (χ3v) is 4.99. The zero-order valence-electron chi connectivity index (χ0n) is 15.1. The molecule has 0 bridgehead atoms. The van der Waals surface area contributed by atoms with E-state index in [1.807, 2.05) is 24.3 Å². The minimum atomic E-state index is 0.0336. The fraction of sp³-hybridized carbons (Fsp3) is 0.632. The Bertz CT molecular complexity index is 553. The average Bonchev–Trinajstić information content (AvgIpc) is 3.15. The first-order valence-corrected chi connectivity index (χ1v) is 9.24. The van der Waals surface area contributed by atoms with E-state index in [0.29, 0.717) is 18.3 Å². The van der Waals surface area contributed by atoms with Crippen molar-refractivity contribution in [2.24, 2.45) is 0 Å². The molecule has 1 aromatic rings. The molecule has 1 aromatic carbocycles. The van der Waals surface area contributed by atoms with E-state index in [2.05, 4.69) is 15.1 Å². The van der Waals surface area contributed by atoms with Gasteiger partial charge in [-0.05, 0) is 25.0 Å². The van der Waals surface area contributed by atoms with Crippen LogP contribution >= 0.6 is 0 Å². The van der Waals surface area contributed by atoms with E-state index in [9.17, 15) is 4.79 Å². The second kappa shape index (κ2) is 9.17. The van der Waals surface area contributed by atoms with Crippen LogP contribution in [0, 0.1) is 0 Å². The summed E-state index contributed by atoms with van der Waals surface area (Å²) in [5.74, 6) is 0.727. The summed E-state index contributed by atoms with van der Waals surface area (Å²) in [4.78, 5) is 17.1. The molecule has 0 aliphatic carbocycles. The lowest BCUT2D eigenvalue weighted by atomic mass is 10.2. The summed E-state index contributed by atoms with van der Waals surface area (Å²) >= 11 is 0. The number of ether oxygens (including phenoxy) is 2. The van der Waals surface area contributed by atoms with Crippen LogP contribution in [-0.4, -0.2) is 74.8 Å². The molecule has 1 N–H and O–H groups in total. The van der Waals surface area contributed by atoms with Crippen molar-refractivity contribution in [1.82, 2.24) is 9.80 Å². The molecule has 1 unspecified atom stereocenters. The van der Waals surface area contributed by atoms with Crippen LogP contribution in [0.2, 0.25) is 0 Å². The lowest BCUT2D eigenvalue weighted by Gasteiger charge is -2.35. The monoisotopic (exact) mass is 347 g/mol. The summed E-state index contributed by atoms with van der Waals surface area (Å²) in [6, 6.07) is 7.50. The highest BCUT2D eigenvalue weighted by Crippen LogP contribution is 2.23. The van der Waals surface area contributed by atoms with E-state index in [-0.39, 0.29) is 5.91 Å². The number of nitrogens with one attached hydrogen (secondary N) is 1. The number of methoxy groups -OCH3 is 1. The first kappa shape index (κ1) is 18.2. The molecule has 138 valence electrons. The van der Waals surface area contributed by atoms with E-state index in [4.69, 9.17) is 9.47 Å². The molecule has 0 spiro atoms. The van der Waals surface area contributed by atoms with Gasteiger partial charge in [-0.15, -0.1) is 0 Å². The number of amides is 1. The number of carbonyl (C=O) groups is 1. The van der Waals surface area contributed by atoms with Crippen molar-refractivity contribution < 1.29 is 14.3 Å². The second-order valence-corrected chi connectivity index (χ2v) is 6.78. The van der Waals surface area contributed by atoms with Crippen LogP contribution in [0.25, 0.3) is 0 Å². The fourth-order valence-electron chi connectivity index (χ4n) is 3.49. The zero-order valence-corrected chi connectivity index (χ0v) is 15.1. The number of piperazine rings is 1. The molecule has 6 heteroatoms. The maximum Gasteiger partial charge on any atom is 0.225 e. The van der Waals surface area contributed by atoms with Crippen LogP contribution in [-0.2, 0) is 9.53 Å². The van der Waals surface area contributed by atoms with Gasteiger partial charge in [-0.1, -0.05) is 12.1 Å². The van der Waals surface area contributed by atoms with Crippen molar-refractivity contribution in [3.63, 3.8) is 0 Å². The molecule has 25 heavy (non-hydrogen) atoms. The first-order valence-electron chi connectivity index (χ1n) is 9.24. The van der Waals surface area contributed by atoms with Gasteiger partial charge in [0.1, 0.15) is 5.75 Å². The Morgan fingerprint density at radius 1 is 1.24 bits per heavy atom. The number of hydrogen-bond donors (Lipinski definition) is 1. The maximum absolute atomic E-state index is 12.2. The zero-order chi connectivity index (χ0) is 17.5. The molecule has 2 heterocycles. The molecule has 1 atom stereocenters. The standard InChI is InChI=1S/C19H29N3O3/c1-24-18-7-3-2-6-17(18)20-19(23)8-9-21-10-12-22(13-11-21)15-16-5-4-14-25-16/h2-3,6-7,16H,4-5,8-15H2,1H3,(H,20,23). The third-order valence-electron chi connectivity index (χ3n) is 4.99. The van der Waals surface area contributed by atoms with Crippen LogP contribution in [0.3, 0.4) is 0 Å². The van der Waals surface area contributed by atoms with E-state index in [1.54, 1.807) is 7.11 Å². The van der Waals surface area contributed by atoms with Crippen LogP contribution in [0.4, 0.5) is 5.69 Å². The number of benzene rings is 1. The van der Waals surface area contributed by atoms with Gasteiger partial charge in [0.05, 0.1) is 18.9 Å². The molecule has 0 aromatic heterocycles. The molecule has 2 saturated heterocycles. The largest absolute Gasteiger partial charge is 0.495 e. The highest BCUT2D eigenvalue weighted by atomic mass is 16.5. The second-order valence-electron chi connectivity index (χ2n) is 6.78. The van der Waals surface area contributed by atoms with Gasteiger partial charge in [0.25, 0.3) is 0 Å². The molecule has 2 fully saturated rings. The van der Waals surface area contributed by atoms with E-state index >= 15 is 0 Å². The molecule has 2 aliphatic rings. The number of anilines is 1. The SMILES string of the molecule is COc1ccccc1NC(=O)CCN1CCN(CC2CCCO2)CC1. The summed E-state index contributed by atoms with van der Waals surface area (Å²) in [5.41, 5.74) is 0.733. The minimum Gasteiger partial charge on any atom is -0.495 e. The number of para-hydroxylation sites is 2. The van der Waals surface area contributed by atoms with Gasteiger partial charge in [0.15, 0.2) is 0 Å². The molecule has 2 aliphatic heterocycles. The Kier molecular flexibility index (Phi) is 6.67. The van der Waals surface area contributed by atoms with E-state index in [1.165, 1.54) is 12.8 Å². The van der Waals surface area contributed by atoms with Gasteiger partial charge >= 0.3 is 0 Å². The molecular formula is C19H29N3O3. The summed E-state index contributed by atoms with van der Waals surface area (Å²) in [5, 5.41) is 2.94. The summed E-state index contributed by atoms with van der Waals surface area (Å²) < 4.78 is 11.0. The van der Waals surface area contributed by atoms with Crippen LogP contribution < -0.4 is 10.1 Å². The Balaban J connectivity index is 1.35. The van der Waals surface area contributed by atoms with Gasteiger partial charge in [-0.3, -0.25) is 9.69 Å². The highest BCUT2D eigenvalue weighted by Gasteiger charge is 2.23. The van der Waals surface area contributed by atoms with Gasteiger partial charge in [-0.25, -0.2) is 0 Å². The van der Waals surface area contributed by atoms with Crippen molar-refractivity contribution >= 4 is 11.6 Å². The summed E-state index contributed by atoms with van der Waals surface area (Å²) in [6.07, 6.45) is 3.33. The smallest absolute Gasteiger partial charge is 0.225 e. The predicted molar refractivity (Wildman–Crippen MR) is 98.1 cm³/mol. The third kappa shape index (κ3) is 5.42. The van der Waals surface area contributed by atoms with Gasteiger partial charge in [0, 0.05) is 52.3 Å². The lowest BCUT2D eigenvalue weighted by molar-refractivity contribution is -0.116. The summed E-state index contributed by atoms with van der Waals surface area (Å²) in [6.45, 7) is 6.95. The normalized spacial score (nSPS) is 22.0. The van der Waals surface area contributed by atoms with E-state index < -0.39 is 0 Å². The number of rotatable bonds is 7.